The summed E-state index contributed by atoms with van der Waals surface area (Å²) in [6.07, 6.45) is 2.24. The molecule has 0 radical (unpaired) electrons. The zero-order chi connectivity index (χ0) is 15.0. The van der Waals surface area contributed by atoms with Gasteiger partial charge in [0.05, 0.1) is 12.7 Å². The van der Waals surface area contributed by atoms with Gasteiger partial charge in [0.25, 0.3) is 0 Å². The van der Waals surface area contributed by atoms with Crippen LogP contribution >= 0.6 is 0 Å². The fourth-order valence-electron chi connectivity index (χ4n) is 2.38. The Labute approximate surface area is 121 Å². The van der Waals surface area contributed by atoms with Gasteiger partial charge in [0.2, 0.25) is 0 Å². The lowest BCUT2D eigenvalue weighted by Gasteiger charge is -2.12. The Kier molecular flexibility index (Phi) is 3.41. The number of ether oxygens (including phenoxy) is 2. The normalized spacial score (nSPS) is 15.7. The van der Waals surface area contributed by atoms with Gasteiger partial charge in [0, 0.05) is 11.3 Å². The average molecular weight is 288 g/mol. The third-order valence-corrected chi connectivity index (χ3v) is 3.64. The quantitative estimate of drug-likeness (QED) is 0.625. The van der Waals surface area contributed by atoms with Gasteiger partial charge in [-0.2, -0.15) is 0 Å². The van der Waals surface area contributed by atoms with E-state index in [2.05, 4.69) is 4.74 Å². The van der Waals surface area contributed by atoms with E-state index < -0.39 is 12.1 Å². The summed E-state index contributed by atoms with van der Waals surface area (Å²) in [5.41, 5.74) is 1.25. The van der Waals surface area contributed by atoms with Crippen LogP contribution in [0.15, 0.2) is 22.6 Å². The van der Waals surface area contributed by atoms with E-state index >= 15 is 0 Å². The van der Waals surface area contributed by atoms with E-state index in [1.165, 1.54) is 7.11 Å². The van der Waals surface area contributed by atoms with Crippen molar-refractivity contribution in [1.29, 1.82) is 0 Å². The van der Waals surface area contributed by atoms with Crippen molar-refractivity contribution < 1.29 is 23.5 Å². The third kappa shape index (κ3) is 2.51. The van der Waals surface area contributed by atoms with Gasteiger partial charge in [-0.15, -0.1) is 0 Å². The zero-order valence-corrected chi connectivity index (χ0v) is 11.9. The molecule has 1 aromatic heterocycles. The molecule has 21 heavy (non-hydrogen) atoms. The van der Waals surface area contributed by atoms with Crippen LogP contribution < -0.4 is 4.74 Å². The summed E-state index contributed by atoms with van der Waals surface area (Å²) in [7, 11) is 1.31. The van der Waals surface area contributed by atoms with Crippen molar-refractivity contribution >= 4 is 23.2 Å². The number of carbonyl (C=O) groups excluding carboxylic acids is 2. The number of benzene rings is 1. The van der Waals surface area contributed by atoms with Crippen molar-refractivity contribution in [3.05, 3.63) is 29.5 Å². The molecule has 0 saturated heterocycles. The molecule has 5 heteroatoms. The van der Waals surface area contributed by atoms with E-state index in [-0.39, 0.29) is 0 Å². The summed E-state index contributed by atoms with van der Waals surface area (Å²) < 4.78 is 15.9. The molecule has 5 nitrogen and oxygen atoms in total. The Morgan fingerprint density at radius 2 is 2.19 bits per heavy atom. The molecule has 3 rings (SSSR count). The SMILES string of the molecule is COC(=O)[C@H](C)Oc1ccc2oc(C3CC3)c(C=O)c2c1. The topological polar surface area (TPSA) is 65.7 Å². The Morgan fingerprint density at radius 1 is 1.43 bits per heavy atom. The number of hydrogen-bond donors (Lipinski definition) is 0. The van der Waals surface area contributed by atoms with Crippen LogP contribution in [0.5, 0.6) is 5.75 Å². The molecule has 1 saturated carbocycles. The highest BCUT2D eigenvalue weighted by atomic mass is 16.6. The molecule has 0 aliphatic heterocycles. The van der Waals surface area contributed by atoms with E-state index in [4.69, 9.17) is 9.15 Å². The molecule has 110 valence electrons. The molecule has 2 aromatic rings. The highest BCUT2D eigenvalue weighted by Crippen LogP contribution is 2.44. The number of hydrogen-bond acceptors (Lipinski definition) is 5. The van der Waals surface area contributed by atoms with Crippen LogP contribution in [0, 0.1) is 0 Å². The summed E-state index contributed by atoms with van der Waals surface area (Å²) in [4.78, 5) is 22.7. The number of carbonyl (C=O) groups is 2. The van der Waals surface area contributed by atoms with Crippen LogP contribution in [-0.2, 0) is 9.53 Å². The van der Waals surface area contributed by atoms with Crippen molar-refractivity contribution in [2.75, 3.05) is 7.11 Å². The van der Waals surface area contributed by atoms with Gasteiger partial charge < -0.3 is 13.9 Å². The maximum absolute atomic E-state index is 11.4. The fraction of sp³-hybridized carbons (Fsp3) is 0.375. The molecule has 1 heterocycles. The maximum atomic E-state index is 11.4. The molecule has 1 fully saturated rings. The summed E-state index contributed by atoms with van der Waals surface area (Å²) in [5, 5.41) is 0.724. The van der Waals surface area contributed by atoms with E-state index in [1.807, 2.05) is 0 Å². The molecule has 0 amide bonds. The van der Waals surface area contributed by atoms with Gasteiger partial charge >= 0.3 is 5.97 Å². The first-order valence-corrected chi connectivity index (χ1v) is 6.90. The molecule has 1 aromatic carbocycles. The van der Waals surface area contributed by atoms with E-state index in [0.29, 0.717) is 22.8 Å². The van der Waals surface area contributed by atoms with Crippen LogP contribution in [0.1, 0.15) is 41.8 Å². The number of esters is 1. The Bertz CT molecular complexity index is 696. The van der Waals surface area contributed by atoms with Crippen molar-refractivity contribution in [3.63, 3.8) is 0 Å². The maximum Gasteiger partial charge on any atom is 0.346 e. The second-order valence-electron chi connectivity index (χ2n) is 5.21. The van der Waals surface area contributed by atoms with Crippen LogP contribution in [-0.4, -0.2) is 25.5 Å². The van der Waals surface area contributed by atoms with E-state index in [1.54, 1.807) is 25.1 Å². The third-order valence-electron chi connectivity index (χ3n) is 3.64. The van der Waals surface area contributed by atoms with Gasteiger partial charge in [-0.05, 0) is 38.0 Å². The minimum atomic E-state index is -0.707. The Hall–Kier alpha value is -2.30. The Balaban J connectivity index is 1.95. The first-order valence-electron chi connectivity index (χ1n) is 6.90. The summed E-state index contributed by atoms with van der Waals surface area (Å²) >= 11 is 0. The summed E-state index contributed by atoms with van der Waals surface area (Å²) in [5.74, 6) is 1.18. The van der Waals surface area contributed by atoms with Crippen molar-refractivity contribution in [3.8, 4) is 5.75 Å². The van der Waals surface area contributed by atoms with Crippen molar-refractivity contribution in [1.82, 2.24) is 0 Å². The first-order chi connectivity index (χ1) is 10.1. The molecule has 1 atom stereocenters. The lowest BCUT2D eigenvalue weighted by molar-refractivity contribution is -0.147. The van der Waals surface area contributed by atoms with Gasteiger partial charge in [-0.25, -0.2) is 4.79 Å². The molecule has 1 aliphatic carbocycles. The second kappa shape index (κ2) is 5.24. The lowest BCUT2D eigenvalue weighted by atomic mass is 10.1. The molecular weight excluding hydrogens is 272 g/mol. The fourth-order valence-corrected chi connectivity index (χ4v) is 2.38. The highest BCUT2D eigenvalue weighted by Gasteiger charge is 2.31. The number of methoxy groups -OCH3 is 1. The van der Waals surface area contributed by atoms with Gasteiger partial charge in [0.1, 0.15) is 17.1 Å². The monoisotopic (exact) mass is 288 g/mol. The molecule has 0 bridgehead atoms. The highest BCUT2D eigenvalue weighted by molar-refractivity contribution is 5.98. The average Bonchev–Trinajstić information content (AvgIpc) is 3.27. The zero-order valence-electron chi connectivity index (χ0n) is 11.9. The Morgan fingerprint density at radius 3 is 2.81 bits per heavy atom. The first kappa shape index (κ1) is 13.7. The van der Waals surface area contributed by atoms with Crippen LogP contribution in [0.2, 0.25) is 0 Å². The van der Waals surface area contributed by atoms with E-state index in [9.17, 15) is 9.59 Å². The molecule has 0 N–H and O–H groups in total. The van der Waals surface area contributed by atoms with Gasteiger partial charge in [0.15, 0.2) is 12.4 Å². The molecule has 0 spiro atoms. The predicted octanol–water partition coefficient (Wildman–Crippen LogP) is 3.06. The summed E-state index contributed by atoms with van der Waals surface area (Å²) in [6, 6.07) is 5.21. The second-order valence-corrected chi connectivity index (χ2v) is 5.21. The number of rotatable bonds is 5. The standard InChI is InChI=1S/C16H16O5/c1-9(16(18)19-2)20-11-5-6-14-12(7-11)13(8-17)15(21-14)10-3-4-10/h5-10H,3-4H2,1-2H3/t9-/m0/s1. The van der Waals surface area contributed by atoms with Crippen LogP contribution in [0.3, 0.4) is 0 Å². The van der Waals surface area contributed by atoms with Crippen LogP contribution in [0.25, 0.3) is 11.0 Å². The van der Waals surface area contributed by atoms with Crippen molar-refractivity contribution in [2.24, 2.45) is 0 Å². The minimum absolute atomic E-state index is 0.357. The minimum Gasteiger partial charge on any atom is -0.479 e. The van der Waals surface area contributed by atoms with Crippen LogP contribution in [0.4, 0.5) is 0 Å². The molecule has 1 aliphatic rings. The van der Waals surface area contributed by atoms with Gasteiger partial charge in [-0.3, -0.25) is 4.79 Å². The largest absolute Gasteiger partial charge is 0.479 e. The number of furan rings is 1. The van der Waals surface area contributed by atoms with Crippen molar-refractivity contribution in [2.45, 2.75) is 31.8 Å². The smallest absolute Gasteiger partial charge is 0.346 e. The van der Waals surface area contributed by atoms with Gasteiger partial charge in [-0.1, -0.05) is 0 Å². The molecular formula is C16H16O5. The lowest BCUT2D eigenvalue weighted by Crippen LogP contribution is -2.24. The van der Waals surface area contributed by atoms with E-state index in [0.717, 1.165) is 30.3 Å². The summed E-state index contributed by atoms with van der Waals surface area (Å²) in [6.45, 7) is 1.61. The predicted molar refractivity (Wildman–Crippen MR) is 75.7 cm³/mol. The number of fused-ring (bicyclic) bond motifs is 1. The molecule has 0 unspecified atom stereocenters. The number of aldehydes is 1.